The molecule has 0 aliphatic rings. The number of ether oxygens (including phenoxy) is 1. The average Bonchev–Trinajstić information content (AvgIpc) is 2.53. The molecule has 0 spiro atoms. The number of nitrogens with one attached hydrogen (secondary N) is 2. The predicted octanol–water partition coefficient (Wildman–Crippen LogP) is 2.32. The van der Waals surface area contributed by atoms with Crippen LogP contribution in [0.3, 0.4) is 0 Å². The van der Waals surface area contributed by atoms with Gasteiger partial charge in [-0.05, 0) is 31.2 Å². The summed E-state index contributed by atoms with van der Waals surface area (Å²) in [5.74, 6) is 0.588. The van der Waals surface area contributed by atoms with E-state index in [1.165, 1.54) is 0 Å². The van der Waals surface area contributed by atoms with E-state index >= 15 is 0 Å². The topological polar surface area (TPSA) is 63.2 Å². The molecule has 0 aliphatic carbocycles. The van der Waals surface area contributed by atoms with Crippen molar-refractivity contribution >= 4 is 11.6 Å². The smallest absolute Gasteiger partial charge is 0.270 e. The van der Waals surface area contributed by atoms with Crippen LogP contribution in [-0.2, 0) is 0 Å². The number of amides is 1. The number of pyridine rings is 1. The maximum Gasteiger partial charge on any atom is 0.270 e. The molecule has 0 fully saturated rings. The first-order valence-electron chi connectivity index (χ1n) is 6.95. The van der Waals surface area contributed by atoms with Crippen LogP contribution >= 0.6 is 0 Å². The predicted molar refractivity (Wildman–Crippen MR) is 82.7 cm³/mol. The van der Waals surface area contributed by atoms with Crippen LogP contribution in [0.25, 0.3) is 0 Å². The van der Waals surface area contributed by atoms with Crippen LogP contribution in [-0.4, -0.2) is 30.6 Å². The zero-order valence-corrected chi connectivity index (χ0v) is 12.0. The normalized spacial score (nSPS) is 9.95. The first kappa shape index (κ1) is 14.8. The Bertz CT molecular complexity index is 573. The molecule has 2 aromatic rings. The quantitative estimate of drug-likeness (QED) is 0.766. The van der Waals surface area contributed by atoms with E-state index < -0.39 is 0 Å². The molecule has 0 aliphatic heterocycles. The fourth-order valence-corrected chi connectivity index (χ4v) is 1.81. The van der Waals surface area contributed by atoms with Crippen LogP contribution in [0.4, 0.5) is 5.69 Å². The molecule has 0 radical (unpaired) electrons. The third-order valence-corrected chi connectivity index (χ3v) is 2.77. The van der Waals surface area contributed by atoms with E-state index in [2.05, 4.69) is 15.6 Å². The summed E-state index contributed by atoms with van der Waals surface area (Å²) in [6, 6.07) is 13.1. The van der Waals surface area contributed by atoms with Gasteiger partial charge in [0.2, 0.25) is 0 Å². The summed E-state index contributed by atoms with van der Waals surface area (Å²) in [6.07, 6.45) is 1.62. The number of nitrogens with zero attached hydrogens (tertiary/aromatic N) is 1. The van der Waals surface area contributed by atoms with Crippen molar-refractivity contribution in [2.24, 2.45) is 0 Å². The van der Waals surface area contributed by atoms with Gasteiger partial charge in [0.25, 0.3) is 5.91 Å². The Balaban J connectivity index is 1.78. The molecule has 2 rings (SSSR count). The van der Waals surface area contributed by atoms with Crippen LogP contribution in [0, 0.1) is 0 Å². The SMILES string of the molecule is CCNc1ccnc(C(=O)NCCOc2ccccc2)c1. The summed E-state index contributed by atoms with van der Waals surface area (Å²) in [4.78, 5) is 16.0. The zero-order valence-electron chi connectivity index (χ0n) is 12.0. The molecule has 0 saturated carbocycles. The third-order valence-electron chi connectivity index (χ3n) is 2.77. The number of hydrogen-bond acceptors (Lipinski definition) is 4. The second-order valence-corrected chi connectivity index (χ2v) is 4.38. The van der Waals surface area contributed by atoms with Crippen molar-refractivity contribution in [3.8, 4) is 5.75 Å². The second-order valence-electron chi connectivity index (χ2n) is 4.38. The Labute approximate surface area is 124 Å². The average molecular weight is 285 g/mol. The van der Waals surface area contributed by atoms with Gasteiger partial charge in [0, 0.05) is 18.4 Å². The summed E-state index contributed by atoms with van der Waals surface area (Å²) in [6.45, 7) is 3.65. The first-order chi connectivity index (χ1) is 10.3. The van der Waals surface area contributed by atoms with E-state index in [1.54, 1.807) is 12.3 Å². The standard InChI is InChI=1S/C16H19N3O2/c1-2-17-13-8-9-18-15(12-13)16(20)19-10-11-21-14-6-4-3-5-7-14/h3-9,12H,2,10-11H2,1H3,(H,17,18)(H,19,20). The number of carbonyl (C=O) groups is 1. The molecule has 1 amide bonds. The van der Waals surface area contributed by atoms with Gasteiger partial charge in [-0.3, -0.25) is 9.78 Å². The Morgan fingerprint density at radius 1 is 1.24 bits per heavy atom. The molecule has 5 heteroatoms. The van der Waals surface area contributed by atoms with Crippen molar-refractivity contribution in [1.82, 2.24) is 10.3 Å². The molecule has 0 unspecified atom stereocenters. The molecule has 1 aromatic heterocycles. The number of aromatic nitrogens is 1. The molecule has 0 bridgehead atoms. The molecule has 0 atom stereocenters. The minimum Gasteiger partial charge on any atom is -0.492 e. The lowest BCUT2D eigenvalue weighted by Crippen LogP contribution is -2.28. The van der Waals surface area contributed by atoms with Gasteiger partial charge in [-0.2, -0.15) is 0 Å². The molecule has 5 nitrogen and oxygen atoms in total. The van der Waals surface area contributed by atoms with E-state index in [0.717, 1.165) is 18.0 Å². The fourth-order valence-electron chi connectivity index (χ4n) is 1.81. The Morgan fingerprint density at radius 2 is 2.05 bits per heavy atom. The lowest BCUT2D eigenvalue weighted by atomic mass is 10.3. The van der Waals surface area contributed by atoms with Crippen LogP contribution in [0.5, 0.6) is 5.75 Å². The lowest BCUT2D eigenvalue weighted by Gasteiger charge is -2.08. The van der Waals surface area contributed by atoms with Gasteiger partial charge in [-0.25, -0.2) is 0 Å². The monoisotopic (exact) mass is 285 g/mol. The minimum absolute atomic E-state index is 0.202. The van der Waals surface area contributed by atoms with Gasteiger partial charge in [0.1, 0.15) is 18.1 Å². The highest BCUT2D eigenvalue weighted by atomic mass is 16.5. The van der Waals surface area contributed by atoms with E-state index in [9.17, 15) is 4.79 Å². The van der Waals surface area contributed by atoms with Crippen LogP contribution in [0.1, 0.15) is 17.4 Å². The summed E-state index contributed by atoms with van der Waals surface area (Å²) < 4.78 is 5.51. The fraction of sp³-hybridized carbons (Fsp3) is 0.250. The van der Waals surface area contributed by atoms with Crippen molar-refractivity contribution in [2.45, 2.75) is 6.92 Å². The summed E-state index contributed by atoms with van der Waals surface area (Å²) in [5, 5.41) is 5.93. The summed E-state index contributed by atoms with van der Waals surface area (Å²) in [7, 11) is 0. The summed E-state index contributed by atoms with van der Waals surface area (Å²) >= 11 is 0. The van der Waals surface area contributed by atoms with Crippen LogP contribution in [0.15, 0.2) is 48.7 Å². The maximum absolute atomic E-state index is 12.0. The Hall–Kier alpha value is -2.56. The van der Waals surface area contributed by atoms with E-state index in [-0.39, 0.29) is 5.91 Å². The van der Waals surface area contributed by atoms with E-state index in [4.69, 9.17) is 4.74 Å². The highest BCUT2D eigenvalue weighted by Crippen LogP contribution is 2.08. The number of rotatable bonds is 7. The van der Waals surface area contributed by atoms with Gasteiger partial charge in [0.15, 0.2) is 0 Å². The van der Waals surface area contributed by atoms with Crippen molar-refractivity contribution in [3.05, 3.63) is 54.4 Å². The second kappa shape index (κ2) is 7.89. The number of hydrogen-bond donors (Lipinski definition) is 2. The molecule has 21 heavy (non-hydrogen) atoms. The highest BCUT2D eigenvalue weighted by molar-refractivity contribution is 5.93. The summed E-state index contributed by atoms with van der Waals surface area (Å²) in [5.41, 5.74) is 1.28. The number of para-hydroxylation sites is 1. The molecule has 1 heterocycles. The molecular formula is C16H19N3O2. The van der Waals surface area contributed by atoms with Crippen molar-refractivity contribution in [1.29, 1.82) is 0 Å². The van der Waals surface area contributed by atoms with E-state index in [0.29, 0.717) is 18.8 Å². The van der Waals surface area contributed by atoms with Gasteiger partial charge < -0.3 is 15.4 Å². The number of benzene rings is 1. The number of carbonyl (C=O) groups excluding carboxylic acids is 1. The lowest BCUT2D eigenvalue weighted by molar-refractivity contribution is 0.0942. The van der Waals surface area contributed by atoms with Crippen LogP contribution in [0.2, 0.25) is 0 Å². The van der Waals surface area contributed by atoms with Gasteiger partial charge in [0.05, 0.1) is 6.54 Å². The van der Waals surface area contributed by atoms with Crippen molar-refractivity contribution in [3.63, 3.8) is 0 Å². The van der Waals surface area contributed by atoms with Gasteiger partial charge in [-0.15, -0.1) is 0 Å². The first-order valence-corrected chi connectivity index (χ1v) is 6.95. The number of anilines is 1. The maximum atomic E-state index is 12.0. The van der Waals surface area contributed by atoms with Crippen LogP contribution < -0.4 is 15.4 Å². The molecule has 0 saturated heterocycles. The highest BCUT2D eigenvalue weighted by Gasteiger charge is 2.07. The third kappa shape index (κ3) is 4.80. The Morgan fingerprint density at radius 3 is 2.81 bits per heavy atom. The molecule has 2 N–H and O–H groups in total. The molecule has 1 aromatic carbocycles. The largest absolute Gasteiger partial charge is 0.492 e. The molecular weight excluding hydrogens is 266 g/mol. The van der Waals surface area contributed by atoms with Crippen molar-refractivity contribution < 1.29 is 9.53 Å². The van der Waals surface area contributed by atoms with Gasteiger partial charge >= 0.3 is 0 Å². The molecule has 110 valence electrons. The Kier molecular flexibility index (Phi) is 5.58. The zero-order chi connectivity index (χ0) is 14.9. The van der Waals surface area contributed by atoms with Gasteiger partial charge in [-0.1, -0.05) is 18.2 Å². The van der Waals surface area contributed by atoms with Crippen molar-refractivity contribution in [2.75, 3.05) is 25.0 Å². The van der Waals surface area contributed by atoms with E-state index in [1.807, 2.05) is 43.3 Å². The minimum atomic E-state index is -0.202.